The van der Waals surface area contributed by atoms with Crippen molar-refractivity contribution >= 4 is 11.6 Å². The molecule has 0 fully saturated rings. The van der Waals surface area contributed by atoms with Crippen LogP contribution >= 0.6 is 0 Å². The Morgan fingerprint density at radius 3 is 2.69 bits per heavy atom. The van der Waals surface area contributed by atoms with E-state index in [0.29, 0.717) is 5.75 Å². The lowest BCUT2D eigenvalue weighted by Crippen LogP contribution is -2.87. The highest BCUT2D eigenvalue weighted by atomic mass is 16.5. The van der Waals surface area contributed by atoms with Crippen molar-refractivity contribution in [2.45, 2.75) is 12.5 Å². The summed E-state index contributed by atoms with van der Waals surface area (Å²) in [7, 11) is 1.61. The van der Waals surface area contributed by atoms with E-state index in [0.717, 1.165) is 30.0 Å². The third-order valence-electron chi connectivity index (χ3n) is 4.15. The first kappa shape index (κ1) is 17.8. The molecule has 3 aromatic rings. The quantitative estimate of drug-likeness (QED) is 0.656. The van der Waals surface area contributed by atoms with Crippen molar-refractivity contribution in [3.63, 3.8) is 0 Å². The molecule has 1 atom stereocenters. The molecule has 0 radical (unpaired) electrons. The van der Waals surface area contributed by atoms with Gasteiger partial charge in [-0.05, 0) is 24.3 Å². The Labute approximate surface area is 153 Å². The fraction of sp³-hybridized carbons (Fsp3) is 0.190. The molecule has 0 saturated heterocycles. The first-order valence-corrected chi connectivity index (χ1v) is 8.62. The van der Waals surface area contributed by atoms with Gasteiger partial charge in [0.1, 0.15) is 11.5 Å². The molecule has 5 nitrogen and oxygen atoms in total. The van der Waals surface area contributed by atoms with Crippen LogP contribution in [0.1, 0.15) is 17.4 Å². The molecular formula is C21H23N2O3+. The molecule has 0 aliphatic heterocycles. The molecule has 0 bridgehead atoms. The molecule has 3 rings (SSSR count). The zero-order valence-corrected chi connectivity index (χ0v) is 14.7. The number of carbonyl (C=O) groups is 1. The predicted octanol–water partition coefficient (Wildman–Crippen LogP) is 2.77. The smallest absolute Gasteiger partial charge is 0.287 e. The number of benzene rings is 2. The fourth-order valence-corrected chi connectivity index (χ4v) is 2.82. The highest BCUT2D eigenvalue weighted by Gasteiger charge is 2.24. The van der Waals surface area contributed by atoms with Crippen LogP contribution < -0.4 is 15.4 Å². The topological polar surface area (TPSA) is 68.1 Å². The van der Waals surface area contributed by atoms with Gasteiger partial charge in [0.2, 0.25) is 0 Å². The summed E-state index contributed by atoms with van der Waals surface area (Å²) in [5.41, 5.74) is 1.68. The van der Waals surface area contributed by atoms with E-state index in [2.05, 4.69) is 5.32 Å². The minimum Gasteiger partial charge on any atom is -0.497 e. The molecule has 0 saturated carbocycles. The van der Waals surface area contributed by atoms with Gasteiger partial charge in [0.25, 0.3) is 5.91 Å². The number of quaternary nitrogens is 1. The van der Waals surface area contributed by atoms with Gasteiger partial charge in [0.05, 0.1) is 26.3 Å². The van der Waals surface area contributed by atoms with Crippen molar-refractivity contribution in [2.24, 2.45) is 0 Å². The number of nitrogens with two attached hydrogens (primary N) is 1. The van der Waals surface area contributed by atoms with Gasteiger partial charge in [-0.25, -0.2) is 0 Å². The number of nitrogens with one attached hydrogen (secondary N) is 1. The molecule has 5 heteroatoms. The minimum atomic E-state index is -0.336. The maximum Gasteiger partial charge on any atom is 0.287 e. The summed E-state index contributed by atoms with van der Waals surface area (Å²) >= 11 is 0. The minimum absolute atomic E-state index is 0.0658. The van der Waals surface area contributed by atoms with Crippen LogP contribution in [0.3, 0.4) is 0 Å². The molecule has 1 aromatic heterocycles. The molecular weight excluding hydrogens is 328 g/mol. The van der Waals surface area contributed by atoms with Crippen LogP contribution in [-0.2, 0) is 11.2 Å². The zero-order valence-electron chi connectivity index (χ0n) is 14.7. The van der Waals surface area contributed by atoms with E-state index < -0.39 is 0 Å². The summed E-state index contributed by atoms with van der Waals surface area (Å²) in [6.07, 6.45) is 2.43. The van der Waals surface area contributed by atoms with Crippen LogP contribution in [0.5, 0.6) is 5.75 Å². The molecule has 3 N–H and O–H groups in total. The summed E-state index contributed by atoms with van der Waals surface area (Å²) in [5, 5.41) is 5.02. The highest BCUT2D eigenvalue weighted by molar-refractivity contribution is 5.94. The van der Waals surface area contributed by atoms with E-state index in [-0.39, 0.29) is 11.9 Å². The Balaban J connectivity index is 1.70. The van der Waals surface area contributed by atoms with Gasteiger partial charge in [0.15, 0.2) is 6.04 Å². The summed E-state index contributed by atoms with van der Waals surface area (Å²) < 4.78 is 10.6. The van der Waals surface area contributed by atoms with Crippen LogP contribution in [0.4, 0.5) is 5.69 Å². The highest BCUT2D eigenvalue weighted by Crippen LogP contribution is 2.18. The SMILES string of the molecule is COc1cccc(NC(=O)[C@H]([NH2+]CCc2ccco2)c2ccccc2)c1. The van der Waals surface area contributed by atoms with E-state index in [1.807, 2.05) is 72.0 Å². The van der Waals surface area contributed by atoms with E-state index in [9.17, 15) is 4.79 Å². The molecule has 0 spiro atoms. The van der Waals surface area contributed by atoms with Crippen molar-refractivity contribution in [1.29, 1.82) is 0 Å². The first-order valence-electron chi connectivity index (χ1n) is 8.62. The second-order valence-corrected chi connectivity index (χ2v) is 5.96. The number of hydrogen-bond donors (Lipinski definition) is 2. The maximum absolute atomic E-state index is 12.9. The van der Waals surface area contributed by atoms with Gasteiger partial charge >= 0.3 is 0 Å². The van der Waals surface area contributed by atoms with Crippen molar-refractivity contribution < 1.29 is 19.3 Å². The third kappa shape index (κ3) is 4.74. The predicted molar refractivity (Wildman–Crippen MR) is 100 cm³/mol. The van der Waals surface area contributed by atoms with Gasteiger partial charge in [0, 0.05) is 17.3 Å². The van der Waals surface area contributed by atoms with Gasteiger partial charge in [-0.1, -0.05) is 36.4 Å². The average Bonchev–Trinajstić information content (AvgIpc) is 3.19. The van der Waals surface area contributed by atoms with E-state index in [1.165, 1.54) is 0 Å². The lowest BCUT2D eigenvalue weighted by atomic mass is 10.1. The largest absolute Gasteiger partial charge is 0.497 e. The lowest BCUT2D eigenvalue weighted by Gasteiger charge is -2.16. The number of anilines is 1. The normalized spacial score (nSPS) is 11.7. The molecule has 2 aromatic carbocycles. The Morgan fingerprint density at radius 1 is 1.12 bits per heavy atom. The van der Waals surface area contributed by atoms with Gasteiger partial charge in [-0.15, -0.1) is 0 Å². The van der Waals surface area contributed by atoms with Gasteiger partial charge < -0.3 is 19.8 Å². The van der Waals surface area contributed by atoms with Crippen LogP contribution in [0.15, 0.2) is 77.4 Å². The van der Waals surface area contributed by atoms with Crippen LogP contribution in [0.2, 0.25) is 0 Å². The van der Waals surface area contributed by atoms with Crippen molar-refractivity contribution in [2.75, 3.05) is 19.0 Å². The summed E-state index contributed by atoms with van der Waals surface area (Å²) in [6, 6.07) is 20.6. The van der Waals surface area contributed by atoms with E-state index >= 15 is 0 Å². The molecule has 134 valence electrons. The first-order chi connectivity index (χ1) is 12.8. The zero-order chi connectivity index (χ0) is 18.2. The Hall–Kier alpha value is -3.05. The summed E-state index contributed by atoms with van der Waals surface area (Å²) in [5.74, 6) is 1.56. The molecule has 0 aliphatic carbocycles. The number of amides is 1. The van der Waals surface area contributed by atoms with Crippen molar-refractivity contribution in [3.05, 3.63) is 84.3 Å². The molecule has 0 unspecified atom stereocenters. The molecule has 26 heavy (non-hydrogen) atoms. The lowest BCUT2D eigenvalue weighted by molar-refractivity contribution is -0.682. The Bertz CT molecular complexity index is 816. The van der Waals surface area contributed by atoms with Gasteiger partial charge in [-0.3, -0.25) is 4.79 Å². The molecule has 0 aliphatic rings. The maximum atomic E-state index is 12.9. The van der Waals surface area contributed by atoms with E-state index in [1.54, 1.807) is 13.4 Å². The second-order valence-electron chi connectivity index (χ2n) is 5.96. The second kappa shape index (κ2) is 8.87. The fourth-order valence-electron chi connectivity index (χ4n) is 2.82. The number of hydrogen-bond acceptors (Lipinski definition) is 3. The Kier molecular flexibility index (Phi) is 6.06. The van der Waals surface area contributed by atoms with Crippen LogP contribution in [0, 0.1) is 0 Å². The van der Waals surface area contributed by atoms with Gasteiger partial charge in [-0.2, -0.15) is 0 Å². The average molecular weight is 351 g/mol. The standard InChI is InChI=1S/C21H22N2O3/c1-25-19-10-5-9-17(15-19)23-21(24)20(16-7-3-2-4-8-16)22-13-12-18-11-6-14-26-18/h2-11,14-15,20,22H,12-13H2,1H3,(H,23,24)/p+1/t20-/m1/s1. The van der Waals surface area contributed by atoms with E-state index in [4.69, 9.17) is 9.15 Å². The Morgan fingerprint density at radius 2 is 1.96 bits per heavy atom. The van der Waals surface area contributed by atoms with Crippen molar-refractivity contribution in [1.82, 2.24) is 0 Å². The molecule has 1 heterocycles. The molecule has 1 amide bonds. The number of carbonyl (C=O) groups excluding carboxylic acids is 1. The number of methoxy groups -OCH3 is 1. The third-order valence-corrected chi connectivity index (χ3v) is 4.15. The number of furan rings is 1. The number of ether oxygens (including phenoxy) is 1. The van der Waals surface area contributed by atoms with Crippen LogP contribution in [-0.4, -0.2) is 19.6 Å². The van der Waals surface area contributed by atoms with Crippen molar-refractivity contribution in [3.8, 4) is 5.75 Å². The summed E-state index contributed by atoms with van der Waals surface area (Å²) in [6.45, 7) is 0.749. The monoisotopic (exact) mass is 351 g/mol. The summed E-state index contributed by atoms with van der Waals surface area (Å²) in [4.78, 5) is 12.9. The number of rotatable bonds is 8. The van der Waals surface area contributed by atoms with Crippen LogP contribution in [0.25, 0.3) is 0 Å².